The van der Waals surface area contributed by atoms with E-state index >= 15 is 0 Å². The Bertz CT molecular complexity index is 635. The predicted octanol–water partition coefficient (Wildman–Crippen LogP) is 2.56. The van der Waals surface area contributed by atoms with Gasteiger partial charge in [-0.3, -0.25) is 4.98 Å². The first-order valence-electron chi connectivity index (χ1n) is 6.40. The van der Waals surface area contributed by atoms with Crippen LogP contribution >= 0.6 is 0 Å². The van der Waals surface area contributed by atoms with Crippen molar-refractivity contribution in [2.45, 2.75) is 33.7 Å². The molecule has 6 nitrogen and oxygen atoms in total. The van der Waals surface area contributed by atoms with Crippen LogP contribution in [-0.2, 0) is 13.0 Å². The van der Waals surface area contributed by atoms with Crippen LogP contribution in [-0.4, -0.2) is 21.0 Å². The van der Waals surface area contributed by atoms with Crippen LogP contribution in [0.4, 0.5) is 5.69 Å². The highest BCUT2D eigenvalue weighted by Crippen LogP contribution is 2.20. The minimum absolute atomic E-state index is 0.179. The number of hydrogen-bond acceptors (Lipinski definition) is 5. The van der Waals surface area contributed by atoms with E-state index < -0.39 is 5.97 Å². The van der Waals surface area contributed by atoms with Gasteiger partial charge in [0, 0.05) is 12.1 Å². The Morgan fingerprint density at radius 1 is 1.45 bits per heavy atom. The molecular formula is C14H17N3O3. The van der Waals surface area contributed by atoms with Crippen molar-refractivity contribution in [2.24, 2.45) is 0 Å². The number of rotatable bonds is 5. The number of oxazole rings is 1. The number of anilines is 1. The molecular weight excluding hydrogens is 258 g/mol. The minimum atomic E-state index is -1.00. The lowest BCUT2D eigenvalue weighted by Crippen LogP contribution is -2.10. The highest BCUT2D eigenvalue weighted by atomic mass is 16.4. The zero-order valence-corrected chi connectivity index (χ0v) is 11.7. The van der Waals surface area contributed by atoms with Crippen molar-refractivity contribution in [3.05, 3.63) is 40.9 Å². The van der Waals surface area contributed by atoms with E-state index in [4.69, 9.17) is 4.42 Å². The van der Waals surface area contributed by atoms with E-state index in [1.165, 1.54) is 0 Å². The first-order valence-corrected chi connectivity index (χ1v) is 6.40. The largest absolute Gasteiger partial charge is 0.478 e. The van der Waals surface area contributed by atoms with Crippen molar-refractivity contribution in [1.82, 2.24) is 9.97 Å². The highest BCUT2D eigenvalue weighted by Gasteiger charge is 2.15. The molecule has 2 aromatic rings. The normalized spacial score (nSPS) is 10.6. The van der Waals surface area contributed by atoms with Crippen LogP contribution in [0.1, 0.15) is 40.3 Å². The fourth-order valence-corrected chi connectivity index (χ4v) is 2.00. The maximum atomic E-state index is 11.3. The summed E-state index contributed by atoms with van der Waals surface area (Å²) in [5.41, 5.74) is 1.95. The van der Waals surface area contributed by atoms with E-state index in [0.29, 0.717) is 23.8 Å². The van der Waals surface area contributed by atoms with Crippen molar-refractivity contribution in [1.29, 1.82) is 0 Å². The van der Waals surface area contributed by atoms with Gasteiger partial charge in [0.25, 0.3) is 0 Å². The number of carboxylic acids is 1. The first kappa shape index (κ1) is 14.0. The number of aromatic carboxylic acids is 1. The Balaban J connectivity index is 2.22. The Labute approximate surface area is 116 Å². The number of hydrogen-bond donors (Lipinski definition) is 2. The smallest absolute Gasteiger partial charge is 0.339 e. The summed E-state index contributed by atoms with van der Waals surface area (Å²) >= 11 is 0. The molecule has 2 N–H and O–H groups in total. The van der Waals surface area contributed by atoms with E-state index in [1.807, 2.05) is 13.8 Å². The molecule has 0 aliphatic carbocycles. The molecule has 6 heteroatoms. The lowest BCUT2D eigenvalue weighted by Gasteiger charge is -2.11. The van der Waals surface area contributed by atoms with Gasteiger partial charge in [-0.25, -0.2) is 9.78 Å². The highest BCUT2D eigenvalue weighted by molar-refractivity contribution is 5.95. The lowest BCUT2D eigenvalue weighted by molar-refractivity contribution is 0.0696. The molecule has 0 fully saturated rings. The summed E-state index contributed by atoms with van der Waals surface area (Å²) in [6.45, 7) is 5.82. The van der Waals surface area contributed by atoms with Gasteiger partial charge in [0.2, 0.25) is 5.89 Å². The maximum Gasteiger partial charge on any atom is 0.339 e. The average Bonchev–Trinajstić information content (AvgIpc) is 2.82. The molecule has 0 radical (unpaired) electrons. The van der Waals surface area contributed by atoms with E-state index in [-0.39, 0.29) is 5.56 Å². The molecule has 0 saturated heterocycles. The van der Waals surface area contributed by atoms with Gasteiger partial charge < -0.3 is 14.8 Å². The summed E-state index contributed by atoms with van der Waals surface area (Å²) < 4.78 is 5.48. The van der Waals surface area contributed by atoms with Crippen molar-refractivity contribution in [3.63, 3.8) is 0 Å². The van der Waals surface area contributed by atoms with Crippen LogP contribution in [0.2, 0.25) is 0 Å². The zero-order valence-electron chi connectivity index (χ0n) is 11.7. The summed E-state index contributed by atoms with van der Waals surface area (Å²) in [6.07, 6.45) is 2.46. The molecule has 0 aliphatic rings. The summed E-state index contributed by atoms with van der Waals surface area (Å²) in [4.78, 5) is 19.6. The summed E-state index contributed by atoms with van der Waals surface area (Å²) in [6, 6.07) is 1.71. The van der Waals surface area contributed by atoms with Gasteiger partial charge in [-0.05, 0) is 19.9 Å². The Morgan fingerprint density at radius 2 is 2.20 bits per heavy atom. The summed E-state index contributed by atoms with van der Waals surface area (Å²) in [7, 11) is 0. The number of carboxylic acid groups (broad SMARTS) is 1. The average molecular weight is 275 g/mol. The second kappa shape index (κ2) is 5.73. The number of aryl methyl sites for hydroxylation is 3. The summed E-state index contributed by atoms with van der Waals surface area (Å²) in [5.74, 6) is 0.340. The van der Waals surface area contributed by atoms with E-state index in [0.717, 1.165) is 17.9 Å². The van der Waals surface area contributed by atoms with Crippen LogP contribution in [0.5, 0.6) is 0 Å². The van der Waals surface area contributed by atoms with Gasteiger partial charge in [-0.1, -0.05) is 6.92 Å². The standard InChI is InChI=1S/C14H17N3O3/c1-4-10-6-16-12(20-10)7-15-11-5-8(2)17-9(3)13(11)14(18)19/h5-6H,4,7H2,1-3H3,(H,15,17)(H,18,19). The second-order valence-electron chi connectivity index (χ2n) is 4.50. The Hall–Kier alpha value is -2.37. The zero-order chi connectivity index (χ0) is 14.7. The topological polar surface area (TPSA) is 88.2 Å². The molecule has 0 spiro atoms. The lowest BCUT2D eigenvalue weighted by atomic mass is 10.1. The molecule has 0 amide bonds. The molecule has 20 heavy (non-hydrogen) atoms. The number of nitrogens with one attached hydrogen (secondary N) is 1. The molecule has 106 valence electrons. The minimum Gasteiger partial charge on any atom is -0.478 e. The monoisotopic (exact) mass is 275 g/mol. The molecule has 0 aromatic carbocycles. The van der Waals surface area contributed by atoms with Crippen LogP contribution in [0, 0.1) is 13.8 Å². The van der Waals surface area contributed by atoms with E-state index in [9.17, 15) is 9.90 Å². The number of nitrogens with zero attached hydrogens (tertiary/aromatic N) is 2. The quantitative estimate of drug-likeness (QED) is 0.871. The molecule has 0 bridgehead atoms. The number of carbonyl (C=O) groups is 1. The van der Waals surface area contributed by atoms with Gasteiger partial charge in [0.05, 0.1) is 24.1 Å². The second-order valence-corrected chi connectivity index (χ2v) is 4.50. The third-order valence-corrected chi connectivity index (χ3v) is 2.92. The Kier molecular flexibility index (Phi) is 4.02. The molecule has 2 aromatic heterocycles. The molecule has 0 saturated carbocycles. The molecule has 0 atom stereocenters. The third-order valence-electron chi connectivity index (χ3n) is 2.92. The third kappa shape index (κ3) is 2.96. The number of aromatic nitrogens is 2. The van der Waals surface area contributed by atoms with Gasteiger partial charge in [-0.15, -0.1) is 0 Å². The Morgan fingerprint density at radius 3 is 2.80 bits per heavy atom. The van der Waals surface area contributed by atoms with E-state index in [1.54, 1.807) is 19.2 Å². The van der Waals surface area contributed by atoms with Crippen LogP contribution in [0.25, 0.3) is 0 Å². The SMILES string of the molecule is CCc1cnc(CNc2cc(C)nc(C)c2C(=O)O)o1. The molecule has 0 unspecified atom stereocenters. The van der Waals surface area contributed by atoms with Crippen LogP contribution in [0.3, 0.4) is 0 Å². The fourth-order valence-electron chi connectivity index (χ4n) is 2.00. The van der Waals surface area contributed by atoms with Crippen molar-refractivity contribution in [3.8, 4) is 0 Å². The van der Waals surface area contributed by atoms with E-state index in [2.05, 4.69) is 15.3 Å². The van der Waals surface area contributed by atoms with Crippen molar-refractivity contribution < 1.29 is 14.3 Å². The summed E-state index contributed by atoms with van der Waals surface area (Å²) in [5, 5.41) is 12.3. The van der Waals surface area contributed by atoms with Crippen LogP contribution in [0.15, 0.2) is 16.7 Å². The van der Waals surface area contributed by atoms with Gasteiger partial charge in [0.1, 0.15) is 11.3 Å². The predicted molar refractivity (Wildman–Crippen MR) is 73.9 cm³/mol. The maximum absolute atomic E-state index is 11.3. The molecule has 0 aliphatic heterocycles. The molecule has 2 rings (SSSR count). The fraction of sp³-hybridized carbons (Fsp3) is 0.357. The first-order chi connectivity index (χ1) is 9.51. The van der Waals surface area contributed by atoms with Crippen molar-refractivity contribution >= 4 is 11.7 Å². The van der Waals surface area contributed by atoms with Crippen molar-refractivity contribution in [2.75, 3.05) is 5.32 Å². The van der Waals surface area contributed by atoms with Gasteiger partial charge in [0.15, 0.2) is 0 Å². The van der Waals surface area contributed by atoms with Crippen LogP contribution < -0.4 is 5.32 Å². The molecule has 2 heterocycles. The number of pyridine rings is 1. The van der Waals surface area contributed by atoms with Gasteiger partial charge in [-0.2, -0.15) is 0 Å². The van der Waals surface area contributed by atoms with Gasteiger partial charge >= 0.3 is 5.97 Å².